The van der Waals surface area contributed by atoms with Crippen LogP contribution in [0.1, 0.15) is 58.9 Å². The summed E-state index contributed by atoms with van der Waals surface area (Å²) >= 11 is 0. The number of benzene rings is 2. The van der Waals surface area contributed by atoms with Gasteiger partial charge in [-0.2, -0.15) is 9.78 Å². The van der Waals surface area contributed by atoms with E-state index < -0.39 is 0 Å². The molecule has 37 heavy (non-hydrogen) atoms. The lowest BCUT2D eigenvalue weighted by molar-refractivity contribution is 0.101. The van der Waals surface area contributed by atoms with E-state index in [0.717, 1.165) is 42.5 Å². The first-order chi connectivity index (χ1) is 17.9. The fraction of sp³-hybridized carbons (Fsp3) is 0.276. The van der Waals surface area contributed by atoms with Gasteiger partial charge in [0.1, 0.15) is 11.4 Å². The zero-order valence-electron chi connectivity index (χ0n) is 21.1. The Hall–Kier alpha value is -4.33. The molecule has 190 valence electrons. The van der Waals surface area contributed by atoms with Gasteiger partial charge in [-0.25, -0.2) is 4.79 Å². The van der Waals surface area contributed by atoms with Crippen molar-refractivity contribution in [1.82, 2.24) is 19.7 Å². The molecule has 8 heteroatoms. The maximum Gasteiger partial charge on any atom is 0.342 e. The Morgan fingerprint density at radius 3 is 2.57 bits per heavy atom. The summed E-state index contributed by atoms with van der Waals surface area (Å²) in [6.45, 7) is 2.42. The number of hydrogen-bond donors (Lipinski definition) is 3. The highest BCUT2D eigenvalue weighted by molar-refractivity contribution is 6.03. The molecule has 1 aliphatic rings. The molecule has 4 aromatic rings. The van der Waals surface area contributed by atoms with Gasteiger partial charge in [-0.1, -0.05) is 37.1 Å². The molecule has 0 unspecified atom stereocenters. The fourth-order valence-electron chi connectivity index (χ4n) is 4.97. The number of nitrogens with one attached hydrogen (secondary N) is 2. The molecule has 2 aromatic carbocycles. The van der Waals surface area contributed by atoms with Gasteiger partial charge >= 0.3 is 6.03 Å². The predicted octanol–water partition coefficient (Wildman–Crippen LogP) is 5.57. The summed E-state index contributed by atoms with van der Waals surface area (Å²) < 4.78 is 3.18. The minimum atomic E-state index is -0.302. The second-order valence-electron chi connectivity index (χ2n) is 9.62. The summed E-state index contributed by atoms with van der Waals surface area (Å²) in [5.74, 6) is 0.00420. The second kappa shape index (κ2) is 10.3. The number of aromatic nitrogens is 3. The van der Waals surface area contributed by atoms with Crippen molar-refractivity contribution < 1.29 is 14.7 Å². The van der Waals surface area contributed by atoms with Crippen LogP contribution in [0.4, 0.5) is 10.5 Å². The third kappa shape index (κ3) is 5.14. The highest BCUT2D eigenvalue weighted by Crippen LogP contribution is 2.38. The lowest BCUT2D eigenvalue weighted by Crippen LogP contribution is -2.31. The maximum absolute atomic E-state index is 13.3. The summed E-state index contributed by atoms with van der Waals surface area (Å²) in [6.07, 6.45) is 6.02. The number of anilines is 1. The molecule has 2 aromatic heterocycles. The second-order valence-corrected chi connectivity index (χ2v) is 9.62. The Bertz CT molecular complexity index is 1450. The summed E-state index contributed by atoms with van der Waals surface area (Å²) in [5, 5.41) is 21.2. The van der Waals surface area contributed by atoms with Crippen molar-refractivity contribution in [2.75, 3.05) is 5.32 Å². The van der Waals surface area contributed by atoms with Crippen LogP contribution in [0.25, 0.3) is 11.3 Å². The minimum absolute atomic E-state index is 0.0276. The molecule has 1 saturated carbocycles. The zero-order chi connectivity index (χ0) is 25.9. The van der Waals surface area contributed by atoms with Crippen LogP contribution in [0.3, 0.4) is 0 Å². The average Bonchev–Trinajstić information content (AvgIpc) is 3.65. The molecule has 8 nitrogen and oxygen atoms in total. The van der Waals surface area contributed by atoms with Gasteiger partial charge in [-0.05, 0) is 67.3 Å². The number of hydrogen-bond acceptors (Lipinski definition) is 4. The Labute approximate surface area is 215 Å². The fourth-order valence-corrected chi connectivity index (χ4v) is 4.97. The number of amides is 2. The van der Waals surface area contributed by atoms with Gasteiger partial charge in [0, 0.05) is 37.0 Å². The van der Waals surface area contributed by atoms with Gasteiger partial charge in [-0.3, -0.25) is 4.79 Å². The van der Waals surface area contributed by atoms with Gasteiger partial charge in [-0.15, -0.1) is 0 Å². The van der Waals surface area contributed by atoms with E-state index in [2.05, 4.69) is 15.7 Å². The molecule has 1 fully saturated rings. The van der Waals surface area contributed by atoms with E-state index in [-0.39, 0.29) is 23.6 Å². The Balaban J connectivity index is 1.43. The van der Waals surface area contributed by atoms with Gasteiger partial charge in [0.25, 0.3) is 5.91 Å². The van der Waals surface area contributed by atoms with Crippen LogP contribution in [-0.2, 0) is 13.6 Å². The van der Waals surface area contributed by atoms with E-state index >= 15 is 0 Å². The number of nitrogens with zero attached hydrogens (tertiary/aromatic N) is 3. The molecular formula is C29H31N5O3. The number of carbonyl (C=O) groups is 2. The van der Waals surface area contributed by atoms with E-state index in [4.69, 9.17) is 0 Å². The first kappa shape index (κ1) is 24.4. The minimum Gasteiger partial charge on any atom is -0.507 e. The molecule has 5 rings (SSSR count). The van der Waals surface area contributed by atoms with Gasteiger partial charge in [0.2, 0.25) is 0 Å². The van der Waals surface area contributed by atoms with E-state index in [9.17, 15) is 14.7 Å². The highest BCUT2D eigenvalue weighted by atomic mass is 16.3. The van der Waals surface area contributed by atoms with E-state index in [1.54, 1.807) is 42.1 Å². The molecule has 1 aliphatic carbocycles. The van der Waals surface area contributed by atoms with Crippen LogP contribution in [0.2, 0.25) is 0 Å². The van der Waals surface area contributed by atoms with Crippen LogP contribution < -0.4 is 10.6 Å². The predicted molar refractivity (Wildman–Crippen MR) is 143 cm³/mol. The monoisotopic (exact) mass is 497 g/mol. The highest BCUT2D eigenvalue weighted by Gasteiger charge is 2.26. The van der Waals surface area contributed by atoms with Crippen molar-refractivity contribution >= 4 is 17.6 Å². The third-order valence-electron chi connectivity index (χ3n) is 7.10. The van der Waals surface area contributed by atoms with Crippen molar-refractivity contribution in [2.24, 2.45) is 7.05 Å². The van der Waals surface area contributed by atoms with Crippen molar-refractivity contribution in [3.8, 4) is 17.0 Å². The van der Waals surface area contributed by atoms with Crippen molar-refractivity contribution in [3.05, 3.63) is 89.4 Å². The van der Waals surface area contributed by atoms with Crippen LogP contribution >= 0.6 is 0 Å². The quantitative estimate of drug-likeness (QED) is 0.303. The standard InChI is InChI=1S/C29H31N5O3/c1-19-8-3-4-11-21(19)18-30-29(37)34-26(20-9-5-6-10-20)17-24(32-34)23-16-22(13-14-27(23)35)31-28(36)25-12-7-15-33(25)2/h3-4,7-8,11-17,20,35H,5-6,9-10,18H2,1-2H3,(H,30,37)(H,31,36). The van der Waals surface area contributed by atoms with Crippen molar-refractivity contribution in [2.45, 2.75) is 45.1 Å². The lowest BCUT2D eigenvalue weighted by Gasteiger charge is -2.13. The molecule has 3 N–H and O–H groups in total. The lowest BCUT2D eigenvalue weighted by atomic mass is 10.0. The summed E-state index contributed by atoms with van der Waals surface area (Å²) in [5.41, 5.74) is 4.99. The molecule has 2 amide bonds. The maximum atomic E-state index is 13.3. The number of phenols is 1. The van der Waals surface area contributed by atoms with Gasteiger partial charge < -0.3 is 20.3 Å². The normalized spacial score (nSPS) is 13.6. The largest absolute Gasteiger partial charge is 0.507 e. The van der Waals surface area contributed by atoms with Crippen LogP contribution in [-0.4, -0.2) is 31.4 Å². The summed E-state index contributed by atoms with van der Waals surface area (Å²) in [7, 11) is 1.80. The molecule has 0 radical (unpaired) electrons. The molecule has 0 bridgehead atoms. The Morgan fingerprint density at radius 2 is 1.84 bits per heavy atom. The van der Waals surface area contributed by atoms with Crippen molar-refractivity contribution in [3.63, 3.8) is 0 Å². The number of rotatable bonds is 6. The molecule has 0 aliphatic heterocycles. The molecule has 0 atom stereocenters. The SMILES string of the molecule is Cc1ccccc1CNC(=O)n1nc(-c2cc(NC(=O)c3cccn3C)ccc2O)cc1C1CCCC1. The Kier molecular flexibility index (Phi) is 6.81. The van der Waals surface area contributed by atoms with E-state index in [1.807, 2.05) is 37.3 Å². The smallest absolute Gasteiger partial charge is 0.342 e. The topological polar surface area (TPSA) is 101 Å². The summed E-state index contributed by atoms with van der Waals surface area (Å²) in [4.78, 5) is 26.0. The molecule has 0 spiro atoms. The van der Waals surface area contributed by atoms with E-state index in [0.29, 0.717) is 29.2 Å². The average molecular weight is 498 g/mol. The molecule has 2 heterocycles. The Morgan fingerprint density at radius 1 is 1.05 bits per heavy atom. The number of carbonyl (C=O) groups excluding carboxylic acids is 2. The first-order valence-corrected chi connectivity index (χ1v) is 12.6. The van der Waals surface area contributed by atoms with Crippen LogP contribution in [0, 0.1) is 6.92 Å². The number of aromatic hydroxyl groups is 1. The zero-order valence-corrected chi connectivity index (χ0v) is 21.1. The molecule has 0 saturated heterocycles. The van der Waals surface area contributed by atoms with Gasteiger partial charge in [0.05, 0.1) is 11.4 Å². The summed E-state index contributed by atoms with van der Waals surface area (Å²) in [6, 6.07) is 17.9. The molecular weight excluding hydrogens is 466 g/mol. The number of aryl methyl sites for hydroxylation is 2. The first-order valence-electron chi connectivity index (χ1n) is 12.6. The van der Waals surface area contributed by atoms with Crippen LogP contribution in [0.5, 0.6) is 5.75 Å². The number of phenolic OH excluding ortho intramolecular Hbond substituents is 1. The van der Waals surface area contributed by atoms with Gasteiger partial charge in [0.15, 0.2) is 0 Å². The third-order valence-corrected chi connectivity index (χ3v) is 7.10. The van der Waals surface area contributed by atoms with E-state index in [1.165, 1.54) is 10.7 Å². The van der Waals surface area contributed by atoms with Crippen molar-refractivity contribution in [1.29, 1.82) is 0 Å². The van der Waals surface area contributed by atoms with Crippen LogP contribution in [0.15, 0.2) is 66.9 Å².